The number of esters is 1. The Kier molecular flexibility index (Phi) is 5.88. The number of ether oxygens (including phenoxy) is 2. The van der Waals surface area contributed by atoms with Crippen molar-refractivity contribution in [2.24, 2.45) is 5.92 Å². The second kappa shape index (κ2) is 8.06. The van der Waals surface area contributed by atoms with Gasteiger partial charge in [-0.05, 0) is 30.7 Å². The third-order valence-electron chi connectivity index (χ3n) is 4.93. The zero-order chi connectivity index (χ0) is 21.2. The van der Waals surface area contributed by atoms with E-state index < -0.39 is 49.7 Å². The molecule has 29 heavy (non-hydrogen) atoms. The van der Waals surface area contributed by atoms with Gasteiger partial charge >= 0.3 is 12.1 Å². The summed E-state index contributed by atoms with van der Waals surface area (Å²) in [5, 5.41) is -1.20. The van der Waals surface area contributed by atoms with E-state index in [1.807, 2.05) is 0 Å². The van der Waals surface area contributed by atoms with Crippen LogP contribution in [0.5, 0.6) is 5.75 Å². The molecule has 5 nitrogen and oxygen atoms in total. The van der Waals surface area contributed by atoms with E-state index in [4.69, 9.17) is 9.47 Å². The minimum absolute atomic E-state index is 0.122. The monoisotopic (exact) mass is 428 g/mol. The lowest BCUT2D eigenvalue weighted by atomic mass is 10.1. The molecule has 0 radical (unpaired) electrons. The number of hydrogen-bond donors (Lipinski definition) is 0. The van der Waals surface area contributed by atoms with Gasteiger partial charge in [-0.1, -0.05) is 30.3 Å². The van der Waals surface area contributed by atoms with Gasteiger partial charge in [-0.3, -0.25) is 4.79 Å². The summed E-state index contributed by atoms with van der Waals surface area (Å²) in [7, 11) is -3.19. The van der Waals surface area contributed by atoms with E-state index in [0.717, 1.165) is 18.2 Å². The maximum absolute atomic E-state index is 13.3. The van der Waals surface area contributed by atoms with Crippen LogP contribution in [-0.4, -0.2) is 32.9 Å². The summed E-state index contributed by atoms with van der Waals surface area (Å²) in [5.41, 5.74) is -1.22. The van der Waals surface area contributed by atoms with Gasteiger partial charge in [-0.2, -0.15) is 13.2 Å². The Bertz CT molecular complexity index is 973. The van der Waals surface area contributed by atoms with Gasteiger partial charge in [0.05, 0.1) is 28.7 Å². The summed E-state index contributed by atoms with van der Waals surface area (Å²) in [5.74, 6) is -1.13. The molecule has 1 aliphatic carbocycles. The van der Waals surface area contributed by atoms with E-state index in [1.54, 1.807) is 30.3 Å². The maximum Gasteiger partial charge on any atom is 0.417 e. The van der Waals surface area contributed by atoms with E-state index in [-0.39, 0.29) is 12.8 Å². The first kappa shape index (κ1) is 21.2. The van der Waals surface area contributed by atoms with Crippen molar-refractivity contribution in [3.05, 3.63) is 60.2 Å². The molecule has 0 N–H and O–H groups in total. The molecule has 0 amide bonds. The molecule has 0 bridgehead atoms. The second-order valence-electron chi connectivity index (χ2n) is 6.73. The van der Waals surface area contributed by atoms with Crippen LogP contribution < -0.4 is 4.74 Å². The average molecular weight is 428 g/mol. The van der Waals surface area contributed by atoms with Crippen LogP contribution >= 0.6 is 0 Å². The van der Waals surface area contributed by atoms with Gasteiger partial charge in [0.1, 0.15) is 11.9 Å². The van der Waals surface area contributed by atoms with Crippen LogP contribution in [0.4, 0.5) is 13.2 Å². The largest absolute Gasteiger partial charge is 0.489 e. The molecule has 0 aromatic heterocycles. The van der Waals surface area contributed by atoms with Crippen molar-refractivity contribution in [2.45, 2.75) is 35.3 Å². The number of halogens is 3. The van der Waals surface area contributed by atoms with Gasteiger partial charge in [-0.25, -0.2) is 8.42 Å². The molecule has 1 fully saturated rings. The highest BCUT2D eigenvalue weighted by Gasteiger charge is 2.48. The first-order valence-electron chi connectivity index (χ1n) is 8.84. The molecule has 0 saturated heterocycles. The first-order valence-corrected chi connectivity index (χ1v) is 10.4. The van der Waals surface area contributed by atoms with Gasteiger partial charge in [0.15, 0.2) is 9.84 Å². The van der Waals surface area contributed by atoms with Gasteiger partial charge in [0.2, 0.25) is 0 Å². The summed E-state index contributed by atoms with van der Waals surface area (Å²) in [6, 6.07) is 12.5. The molecule has 3 rings (SSSR count). The molecule has 9 heteroatoms. The zero-order valence-electron chi connectivity index (χ0n) is 15.4. The van der Waals surface area contributed by atoms with Crippen LogP contribution in [0, 0.1) is 5.92 Å². The molecule has 2 aromatic carbocycles. The van der Waals surface area contributed by atoms with Crippen LogP contribution in [0.1, 0.15) is 18.4 Å². The fraction of sp³-hybridized carbons (Fsp3) is 0.350. The predicted molar refractivity (Wildman–Crippen MR) is 98.0 cm³/mol. The van der Waals surface area contributed by atoms with Crippen LogP contribution in [0.25, 0.3) is 0 Å². The maximum atomic E-state index is 13.3. The third kappa shape index (κ3) is 4.39. The number of carbonyl (C=O) groups excluding carboxylic acids is 1. The standard InChI is InChI=1S/C20H19F3O5S/c1-27-19(24)15-11-14(12-17(15)28-13-7-3-2-4-8-13)29(25,26)18-10-6-5-9-16(18)20(21,22)23/h2-10,14-15,17H,11-12H2,1H3/t14-,15-,17-/m0/s1. The van der Waals surface area contributed by atoms with Gasteiger partial charge in [0, 0.05) is 6.42 Å². The summed E-state index contributed by atoms with van der Waals surface area (Å²) < 4.78 is 76.6. The van der Waals surface area contributed by atoms with Gasteiger partial charge in [0.25, 0.3) is 0 Å². The summed E-state index contributed by atoms with van der Waals surface area (Å²) in [4.78, 5) is 11.4. The molecule has 1 aliphatic rings. The molecule has 0 unspecified atom stereocenters. The molecular formula is C20H19F3O5S. The number of sulfone groups is 1. The molecule has 0 spiro atoms. The van der Waals surface area contributed by atoms with E-state index in [2.05, 4.69) is 0 Å². The molecule has 0 heterocycles. The Balaban J connectivity index is 1.94. The number of carbonyl (C=O) groups is 1. The Morgan fingerprint density at radius 3 is 2.24 bits per heavy atom. The highest BCUT2D eigenvalue weighted by Crippen LogP contribution is 2.41. The molecule has 156 valence electrons. The number of methoxy groups -OCH3 is 1. The van der Waals surface area contributed by atoms with E-state index in [0.29, 0.717) is 5.75 Å². The normalized spacial score (nSPS) is 22.3. The molecule has 2 aromatic rings. The van der Waals surface area contributed by atoms with E-state index in [1.165, 1.54) is 13.2 Å². The first-order chi connectivity index (χ1) is 13.6. The molecule has 1 saturated carbocycles. The Morgan fingerprint density at radius 1 is 1.00 bits per heavy atom. The smallest absolute Gasteiger partial charge is 0.417 e. The number of hydrogen-bond acceptors (Lipinski definition) is 5. The van der Waals surface area contributed by atoms with Crippen molar-refractivity contribution in [1.82, 2.24) is 0 Å². The molecule has 0 aliphatic heterocycles. The Morgan fingerprint density at radius 2 is 1.62 bits per heavy atom. The van der Waals surface area contributed by atoms with Crippen molar-refractivity contribution in [3.63, 3.8) is 0 Å². The fourth-order valence-corrected chi connectivity index (χ4v) is 5.56. The lowest BCUT2D eigenvalue weighted by Gasteiger charge is -2.19. The van der Waals surface area contributed by atoms with Crippen molar-refractivity contribution >= 4 is 15.8 Å². The van der Waals surface area contributed by atoms with Crippen molar-refractivity contribution in [1.29, 1.82) is 0 Å². The number of alkyl halides is 3. The highest BCUT2D eigenvalue weighted by molar-refractivity contribution is 7.92. The third-order valence-corrected chi connectivity index (χ3v) is 7.16. The van der Waals surface area contributed by atoms with Crippen LogP contribution in [0.2, 0.25) is 0 Å². The SMILES string of the molecule is COC(=O)[C@H]1C[C@H](S(=O)(=O)c2ccccc2C(F)(F)F)C[C@@H]1Oc1ccccc1. The minimum atomic E-state index is -4.82. The Labute approximate surface area is 166 Å². The second-order valence-corrected chi connectivity index (χ2v) is 8.93. The predicted octanol–water partition coefficient (Wildman–Crippen LogP) is 3.88. The lowest BCUT2D eigenvalue weighted by molar-refractivity contribution is -0.147. The number of para-hydroxylation sites is 1. The van der Waals surface area contributed by atoms with Gasteiger partial charge < -0.3 is 9.47 Å². The van der Waals surface area contributed by atoms with Crippen LogP contribution in [0.3, 0.4) is 0 Å². The summed E-state index contributed by atoms with van der Waals surface area (Å²) >= 11 is 0. The van der Waals surface area contributed by atoms with Crippen molar-refractivity contribution in [3.8, 4) is 5.75 Å². The zero-order valence-corrected chi connectivity index (χ0v) is 16.2. The van der Waals surface area contributed by atoms with Crippen molar-refractivity contribution < 1.29 is 35.9 Å². The topological polar surface area (TPSA) is 69.7 Å². The molecular weight excluding hydrogens is 409 g/mol. The van der Waals surface area contributed by atoms with E-state index in [9.17, 15) is 26.4 Å². The van der Waals surface area contributed by atoms with Crippen LogP contribution in [0.15, 0.2) is 59.5 Å². The fourth-order valence-electron chi connectivity index (χ4n) is 3.54. The number of benzene rings is 2. The minimum Gasteiger partial charge on any atom is -0.489 e. The van der Waals surface area contributed by atoms with Crippen LogP contribution in [-0.2, 0) is 25.5 Å². The quantitative estimate of drug-likeness (QED) is 0.676. The lowest BCUT2D eigenvalue weighted by Crippen LogP contribution is -2.29. The average Bonchev–Trinajstić information content (AvgIpc) is 3.12. The molecule has 3 atom stereocenters. The van der Waals surface area contributed by atoms with Gasteiger partial charge in [-0.15, -0.1) is 0 Å². The van der Waals surface area contributed by atoms with E-state index >= 15 is 0 Å². The number of rotatable bonds is 5. The summed E-state index contributed by atoms with van der Waals surface area (Å²) in [6.45, 7) is 0. The Hall–Kier alpha value is -2.55. The van der Waals surface area contributed by atoms with Crippen molar-refractivity contribution in [2.75, 3.05) is 7.11 Å². The highest BCUT2D eigenvalue weighted by atomic mass is 32.2. The summed E-state index contributed by atoms with van der Waals surface area (Å²) in [6.07, 6.45) is -5.95.